The maximum absolute atomic E-state index is 11.8. The molecule has 0 N–H and O–H groups in total. The van der Waals surface area contributed by atoms with Gasteiger partial charge in [0.05, 0.1) is 19.1 Å². The Balaban J connectivity index is 1.57. The van der Waals surface area contributed by atoms with E-state index in [1.165, 1.54) is 38.5 Å². The summed E-state index contributed by atoms with van der Waals surface area (Å²) in [4.78, 5) is 11.8. The lowest BCUT2D eigenvalue weighted by atomic mass is 10.0. The Bertz CT molecular complexity index is 826. The molecule has 2 aromatic rings. The van der Waals surface area contributed by atoms with Crippen LogP contribution in [0.2, 0.25) is 0 Å². The minimum atomic E-state index is -0.135. The Morgan fingerprint density at radius 2 is 1.37 bits per heavy atom. The normalized spacial score (nSPS) is 11.7. The monoisotopic (exact) mass is 480 g/mol. The molecule has 192 valence electrons. The number of hydrogen-bond acceptors (Lipinski definition) is 4. The molecule has 0 saturated carbocycles. The highest BCUT2D eigenvalue weighted by molar-refractivity contribution is 5.72. The van der Waals surface area contributed by atoms with E-state index >= 15 is 0 Å². The summed E-state index contributed by atoms with van der Waals surface area (Å²) < 4.78 is 16.7. The predicted octanol–water partition coefficient (Wildman–Crippen LogP) is 8.15. The lowest BCUT2D eigenvalue weighted by Gasteiger charge is -2.10. The van der Waals surface area contributed by atoms with Gasteiger partial charge in [-0.15, -0.1) is 6.58 Å². The van der Waals surface area contributed by atoms with Crippen LogP contribution in [-0.2, 0) is 20.9 Å². The first kappa shape index (κ1) is 28.6. The average Bonchev–Trinajstić information content (AvgIpc) is 2.90. The van der Waals surface area contributed by atoms with Crippen molar-refractivity contribution < 1.29 is 19.0 Å². The molecule has 1 atom stereocenters. The van der Waals surface area contributed by atoms with E-state index in [9.17, 15) is 4.79 Å². The zero-order chi connectivity index (χ0) is 25.1. The Morgan fingerprint density at radius 1 is 0.829 bits per heavy atom. The van der Waals surface area contributed by atoms with Crippen LogP contribution in [0.3, 0.4) is 0 Å². The molecule has 0 aliphatic rings. The predicted molar refractivity (Wildman–Crippen MR) is 145 cm³/mol. The standard InChI is InChI=1S/C31H44O4/c1-4-22-33-23-12-10-8-6-7-9-11-13-24-34-30-20-18-29(19-21-30)28-16-14-27(15-17-28)25-35-31(32)26(3)5-2/h4,14-21,26H,1,5-13,22-25H2,2-3H3. The zero-order valence-electron chi connectivity index (χ0n) is 21.8. The molecule has 0 bridgehead atoms. The molecular weight excluding hydrogens is 436 g/mol. The third-order valence-electron chi connectivity index (χ3n) is 6.22. The van der Waals surface area contributed by atoms with E-state index in [0.29, 0.717) is 13.2 Å². The molecule has 2 aromatic carbocycles. The molecule has 2 rings (SSSR count). The van der Waals surface area contributed by atoms with Crippen LogP contribution in [0.25, 0.3) is 11.1 Å². The van der Waals surface area contributed by atoms with Crippen molar-refractivity contribution in [1.29, 1.82) is 0 Å². The molecule has 0 saturated heterocycles. The van der Waals surface area contributed by atoms with Gasteiger partial charge in [-0.25, -0.2) is 0 Å². The SMILES string of the molecule is C=CCOCCCCCCCCCCOc1ccc(-c2ccc(COC(=O)C(C)CC)cc2)cc1. The minimum Gasteiger partial charge on any atom is -0.494 e. The first-order chi connectivity index (χ1) is 17.1. The maximum atomic E-state index is 11.8. The zero-order valence-corrected chi connectivity index (χ0v) is 21.8. The molecule has 0 aliphatic carbocycles. The molecule has 1 unspecified atom stereocenters. The van der Waals surface area contributed by atoms with Gasteiger partial charge in [-0.3, -0.25) is 4.79 Å². The van der Waals surface area contributed by atoms with Crippen LogP contribution in [-0.4, -0.2) is 25.8 Å². The number of unbranched alkanes of at least 4 members (excludes halogenated alkanes) is 7. The van der Waals surface area contributed by atoms with Gasteiger partial charge >= 0.3 is 5.97 Å². The van der Waals surface area contributed by atoms with E-state index in [-0.39, 0.29) is 11.9 Å². The van der Waals surface area contributed by atoms with Crippen LogP contribution in [0.15, 0.2) is 61.2 Å². The molecular formula is C31H44O4. The number of carbonyl (C=O) groups excluding carboxylic acids is 1. The summed E-state index contributed by atoms with van der Waals surface area (Å²) >= 11 is 0. The molecule has 0 fully saturated rings. The Kier molecular flexibility index (Phi) is 14.6. The molecule has 0 radical (unpaired) electrons. The van der Waals surface area contributed by atoms with Gasteiger partial charge in [-0.1, -0.05) is 94.8 Å². The molecule has 0 spiro atoms. The van der Waals surface area contributed by atoms with Crippen molar-refractivity contribution in [2.45, 2.75) is 78.2 Å². The average molecular weight is 481 g/mol. The molecule has 0 amide bonds. The first-order valence-electron chi connectivity index (χ1n) is 13.3. The fraction of sp³-hybridized carbons (Fsp3) is 0.516. The third kappa shape index (κ3) is 12.1. The Labute approximate surface area is 212 Å². The largest absolute Gasteiger partial charge is 0.494 e. The second kappa shape index (κ2) is 17.8. The minimum absolute atomic E-state index is 0.0521. The molecule has 0 aliphatic heterocycles. The first-order valence-corrected chi connectivity index (χ1v) is 13.3. The summed E-state index contributed by atoms with van der Waals surface area (Å²) in [6.07, 6.45) is 12.5. The summed E-state index contributed by atoms with van der Waals surface area (Å²) in [5, 5.41) is 0. The van der Waals surface area contributed by atoms with Gasteiger partial charge < -0.3 is 14.2 Å². The van der Waals surface area contributed by atoms with E-state index in [4.69, 9.17) is 14.2 Å². The molecule has 0 heterocycles. The van der Waals surface area contributed by atoms with Crippen LogP contribution in [0, 0.1) is 5.92 Å². The Morgan fingerprint density at radius 3 is 1.94 bits per heavy atom. The van der Waals surface area contributed by atoms with Gasteiger partial charge in [-0.2, -0.15) is 0 Å². The summed E-state index contributed by atoms with van der Waals surface area (Å²) in [5.41, 5.74) is 3.28. The van der Waals surface area contributed by atoms with Gasteiger partial charge in [0.2, 0.25) is 0 Å². The van der Waals surface area contributed by atoms with Crippen LogP contribution < -0.4 is 4.74 Å². The van der Waals surface area contributed by atoms with Gasteiger partial charge in [0.25, 0.3) is 0 Å². The highest BCUT2D eigenvalue weighted by Crippen LogP contribution is 2.23. The van der Waals surface area contributed by atoms with Crippen molar-refractivity contribution in [2.75, 3.05) is 19.8 Å². The molecule has 4 nitrogen and oxygen atoms in total. The van der Waals surface area contributed by atoms with E-state index < -0.39 is 0 Å². The topological polar surface area (TPSA) is 44.8 Å². The van der Waals surface area contributed by atoms with Crippen molar-refractivity contribution in [1.82, 2.24) is 0 Å². The van der Waals surface area contributed by atoms with E-state index in [2.05, 4.69) is 30.8 Å². The lowest BCUT2D eigenvalue weighted by molar-refractivity contribution is -0.149. The second-order valence-corrected chi connectivity index (χ2v) is 9.18. The lowest BCUT2D eigenvalue weighted by Crippen LogP contribution is -2.13. The van der Waals surface area contributed by atoms with E-state index in [0.717, 1.165) is 54.9 Å². The quantitative estimate of drug-likeness (QED) is 0.116. The molecule has 35 heavy (non-hydrogen) atoms. The maximum Gasteiger partial charge on any atom is 0.308 e. The summed E-state index contributed by atoms with van der Waals surface area (Å²) in [6.45, 7) is 10.2. The van der Waals surface area contributed by atoms with Gasteiger partial charge in [0.15, 0.2) is 0 Å². The number of carbonyl (C=O) groups is 1. The van der Waals surface area contributed by atoms with Crippen LogP contribution in [0.4, 0.5) is 0 Å². The van der Waals surface area contributed by atoms with Crippen LogP contribution in [0.1, 0.15) is 77.2 Å². The van der Waals surface area contributed by atoms with Crippen LogP contribution in [0.5, 0.6) is 5.75 Å². The van der Waals surface area contributed by atoms with Crippen molar-refractivity contribution >= 4 is 5.97 Å². The second-order valence-electron chi connectivity index (χ2n) is 9.18. The molecule has 0 aromatic heterocycles. The van der Waals surface area contributed by atoms with E-state index in [1.807, 2.05) is 38.1 Å². The fourth-order valence-corrected chi connectivity index (χ4v) is 3.72. The number of rotatable bonds is 19. The van der Waals surface area contributed by atoms with Crippen molar-refractivity contribution in [3.63, 3.8) is 0 Å². The highest BCUT2D eigenvalue weighted by atomic mass is 16.5. The Hall–Kier alpha value is -2.59. The van der Waals surface area contributed by atoms with E-state index in [1.54, 1.807) is 6.08 Å². The van der Waals surface area contributed by atoms with Crippen molar-refractivity contribution in [3.8, 4) is 16.9 Å². The van der Waals surface area contributed by atoms with Crippen molar-refractivity contribution in [2.24, 2.45) is 5.92 Å². The summed E-state index contributed by atoms with van der Waals surface area (Å²) in [5.74, 6) is 0.730. The number of ether oxygens (including phenoxy) is 3. The van der Waals surface area contributed by atoms with Gasteiger partial charge in [0.1, 0.15) is 12.4 Å². The third-order valence-corrected chi connectivity index (χ3v) is 6.22. The summed E-state index contributed by atoms with van der Waals surface area (Å²) in [7, 11) is 0. The summed E-state index contributed by atoms with van der Waals surface area (Å²) in [6, 6.07) is 16.4. The van der Waals surface area contributed by atoms with Crippen LogP contribution >= 0.6 is 0 Å². The smallest absolute Gasteiger partial charge is 0.308 e. The number of benzene rings is 2. The fourth-order valence-electron chi connectivity index (χ4n) is 3.72. The number of esters is 1. The number of hydrogen-bond donors (Lipinski definition) is 0. The van der Waals surface area contributed by atoms with Gasteiger partial charge in [0, 0.05) is 6.61 Å². The molecule has 4 heteroatoms. The van der Waals surface area contributed by atoms with Crippen molar-refractivity contribution in [3.05, 3.63) is 66.7 Å². The van der Waals surface area contributed by atoms with Gasteiger partial charge in [-0.05, 0) is 48.1 Å². The highest BCUT2D eigenvalue weighted by Gasteiger charge is 2.11.